The van der Waals surface area contributed by atoms with Crippen molar-refractivity contribution in [3.8, 4) is 11.4 Å². The first kappa shape index (κ1) is 14.6. The molecule has 0 spiro atoms. The second-order valence-electron chi connectivity index (χ2n) is 5.45. The molecule has 122 valence electrons. The van der Waals surface area contributed by atoms with Crippen molar-refractivity contribution in [1.82, 2.24) is 20.4 Å². The lowest BCUT2D eigenvalue weighted by Crippen LogP contribution is -2.40. The Labute approximate surface area is 140 Å². The Morgan fingerprint density at radius 3 is 2.96 bits per heavy atom. The minimum atomic E-state index is -1.24. The molecule has 1 aliphatic rings. The highest BCUT2D eigenvalue weighted by molar-refractivity contribution is 7.08. The summed E-state index contributed by atoms with van der Waals surface area (Å²) in [4.78, 5) is 30.1. The molecule has 0 saturated carbocycles. The molecular weight excluding hydrogens is 332 g/mol. The van der Waals surface area contributed by atoms with Gasteiger partial charge in [-0.25, -0.2) is 4.79 Å². The van der Waals surface area contributed by atoms with Gasteiger partial charge in [-0.1, -0.05) is 5.16 Å². The number of carbonyl (C=O) groups is 2. The van der Waals surface area contributed by atoms with Gasteiger partial charge in [-0.2, -0.15) is 16.3 Å². The van der Waals surface area contributed by atoms with Gasteiger partial charge in [-0.05, 0) is 30.5 Å². The summed E-state index contributed by atoms with van der Waals surface area (Å²) in [6, 6.07) is 4.63. The van der Waals surface area contributed by atoms with Crippen molar-refractivity contribution < 1.29 is 18.5 Å². The van der Waals surface area contributed by atoms with Crippen LogP contribution in [-0.2, 0) is 16.9 Å². The largest absolute Gasteiger partial charge is 0.466 e. The van der Waals surface area contributed by atoms with Crippen LogP contribution in [0.25, 0.3) is 11.4 Å². The van der Waals surface area contributed by atoms with Gasteiger partial charge in [-0.3, -0.25) is 9.69 Å². The zero-order valence-electron chi connectivity index (χ0n) is 12.6. The van der Waals surface area contributed by atoms with Gasteiger partial charge in [0.15, 0.2) is 5.54 Å². The maximum absolute atomic E-state index is 12.7. The van der Waals surface area contributed by atoms with E-state index in [0.717, 1.165) is 10.5 Å². The molecule has 3 aromatic heterocycles. The Hall–Kier alpha value is -2.94. The Balaban J connectivity index is 1.57. The molecular formula is C15H12N4O4S. The van der Waals surface area contributed by atoms with Crippen molar-refractivity contribution in [3.05, 3.63) is 46.9 Å². The smallest absolute Gasteiger partial charge is 0.325 e. The van der Waals surface area contributed by atoms with Gasteiger partial charge in [0, 0.05) is 10.9 Å². The summed E-state index contributed by atoms with van der Waals surface area (Å²) in [5, 5.41) is 10.3. The third-order valence-electron chi connectivity index (χ3n) is 3.83. The number of urea groups is 1. The lowest BCUT2D eigenvalue weighted by Gasteiger charge is -2.18. The van der Waals surface area contributed by atoms with Crippen molar-refractivity contribution in [3.63, 3.8) is 0 Å². The molecule has 9 heteroatoms. The molecule has 1 fully saturated rings. The van der Waals surface area contributed by atoms with E-state index >= 15 is 0 Å². The highest BCUT2D eigenvalue weighted by Crippen LogP contribution is 2.30. The van der Waals surface area contributed by atoms with Crippen molar-refractivity contribution >= 4 is 23.3 Å². The molecule has 24 heavy (non-hydrogen) atoms. The summed E-state index contributed by atoms with van der Waals surface area (Å²) in [5.41, 5.74) is -0.413. The van der Waals surface area contributed by atoms with Crippen molar-refractivity contribution in [2.45, 2.75) is 19.0 Å². The molecule has 0 radical (unpaired) electrons. The van der Waals surface area contributed by atoms with Crippen molar-refractivity contribution in [1.29, 1.82) is 0 Å². The highest BCUT2D eigenvalue weighted by atomic mass is 32.1. The molecule has 4 rings (SSSR count). The lowest BCUT2D eigenvalue weighted by atomic mass is 9.99. The number of furan rings is 1. The molecule has 0 unspecified atom stereocenters. The molecule has 0 bridgehead atoms. The maximum atomic E-state index is 12.7. The van der Waals surface area contributed by atoms with Gasteiger partial charge in [0.1, 0.15) is 12.3 Å². The van der Waals surface area contributed by atoms with E-state index in [1.165, 1.54) is 17.6 Å². The van der Waals surface area contributed by atoms with Crippen LogP contribution >= 0.6 is 11.3 Å². The predicted molar refractivity (Wildman–Crippen MR) is 82.8 cm³/mol. The molecule has 0 aromatic carbocycles. The summed E-state index contributed by atoms with van der Waals surface area (Å²) in [5.74, 6) is 0.543. The van der Waals surface area contributed by atoms with E-state index in [2.05, 4.69) is 15.5 Å². The second-order valence-corrected chi connectivity index (χ2v) is 6.23. The lowest BCUT2D eigenvalue weighted by molar-refractivity contribution is -0.132. The molecule has 8 nitrogen and oxygen atoms in total. The van der Waals surface area contributed by atoms with E-state index < -0.39 is 17.5 Å². The summed E-state index contributed by atoms with van der Waals surface area (Å²) >= 11 is 1.51. The van der Waals surface area contributed by atoms with Crippen LogP contribution in [0.2, 0.25) is 0 Å². The molecule has 1 saturated heterocycles. The Morgan fingerprint density at radius 2 is 2.25 bits per heavy atom. The van der Waals surface area contributed by atoms with Gasteiger partial charge in [0.2, 0.25) is 11.7 Å². The van der Waals surface area contributed by atoms with E-state index in [4.69, 9.17) is 8.94 Å². The number of hydrogen-bond acceptors (Lipinski definition) is 7. The predicted octanol–water partition coefficient (Wildman–Crippen LogP) is 2.36. The Morgan fingerprint density at radius 1 is 1.38 bits per heavy atom. The first-order chi connectivity index (χ1) is 11.6. The van der Waals surface area contributed by atoms with Gasteiger partial charge in [0.25, 0.3) is 5.91 Å². The van der Waals surface area contributed by atoms with Gasteiger partial charge < -0.3 is 14.3 Å². The number of thiophene rings is 1. The summed E-state index contributed by atoms with van der Waals surface area (Å²) < 4.78 is 10.4. The van der Waals surface area contributed by atoms with Gasteiger partial charge in [-0.15, -0.1) is 0 Å². The number of nitrogens with zero attached hydrogens (tertiary/aromatic N) is 3. The molecule has 3 amide bonds. The molecule has 4 heterocycles. The molecule has 1 atom stereocenters. The van der Waals surface area contributed by atoms with Crippen LogP contribution in [-0.4, -0.2) is 27.0 Å². The zero-order chi connectivity index (χ0) is 16.7. The number of carbonyl (C=O) groups excluding carboxylic acids is 2. The van der Waals surface area contributed by atoms with Gasteiger partial charge >= 0.3 is 6.03 Å². The van der Waals surface area contributed by atoms with E-state index in [-0.39, 0.29) is 12.4 Å². The molecule has 1 N–H and O–H groups in total. The first-order valence-corrected chi connectivity index (χ1v) is 8.05. The highest BCUT2D eigenvalue weighted by Gasteiger charge is 2.51. The fourth-order valence-corrected chi connectivity index (χ4v) is 3.17. The van der Waals surface area contributed by atoms with E-state index in [1.807, 2.05) is 16.8 Å². The first-order valence-electron chi connectivity index (χ1n) is 7.11. The van der Waals surface area contributed by atoms with E-state index in [9.17, 15) is 9.59 Å². The zero-order valence-corrected chi connectivity index (χ0v) is 13.4. The average molecular weight is 344 g/mol. The summed E-state index contributed by atoms with van der Waals surface area (Å²) in [6.07, 6.45) is 1.45. The fraction of sp³-hybridized carbons (Fsp3) is 0.200. The molecule has 1 aliphatic heterocycles. The quantitative estimate of drug-likeness (QED) is 0.729. The van der Waals surface area contributed by atoms with Crippen LogP contribution in [0.15, 0.2) is 44.2 Å². The number of nitrogens with one attached hydrogen (secondary N) is 1. The normalized spacial score (nSPS) is 20.6. The molecule has 0 aliphatic carbocycles. The minimum Gasteiger partial charge on any atom is -0.466 e. The summed E-state index contributed by atoms with van der Waals surface area (Å²) in [6.45, 7) is 1.49. The van der Waals surface area contributed by atoms with Crippen LogP contribution in [0.5, 0.6) is 0 Å². The van der Waals surface area contributed by atoms with Crippen LogP contribution in [0.4, 0.5) is 4.79 Å². The third kappa shape index (κ3) is 2.21. The number of rotatable bonds is 4. The summed E-state index contributed by atoms with van der Waals surface area (Å²) in [7, 11) is 0. The monoisotopic (exact) mass is 344 g/mol. The Kier molecular flexibility index (Phi) is 3.24. The minimum absolute atomic E-state index is 0.0991. The SMILES string of the molecule is C[C@]1(c2ccco2)NC(=O)N(Cc2nc(-c3ccsc3)no2)C1=O. The maximum Gasteiger partial charge on any atom is 0.325 e. The van der Waals surface area contributed by atoms with Crippen LogP contribution in [0, 0.1) is 0 Å². The number of hydrogen-bond donors (Lipinski definition) is 1. The van der Waals surface area contributed by atoms with Gasteiger partial charge in [0.05, 0.1) is 6.26 Å². The van der Waals surface area contributed by atoms with Crippen molar-refractivity contribution in [2.75, 3.05) is 0 Å². The average Bonchev–Trinajstić information content (AvgIpc) is 3.34. The molecule has 3 aromatic rings. The van der Waals surface area contributed by atoms with Crippen molar-refractivity contribution in [2.24, 2.45) is 0 Å². The third-order valence-corrected chi connectivity index (χ3v) is 4.51. The van der Waals surface area contributed by atoms with E-state index in [0.29, 0.717) is 11.6 Å². The topological polar surface area (TPSA) is 101 Å². The number of imide groups is 1. The Bertz CT molecular complexity index is 887. The number of aromatic nitrogens is 2. The van der Waals surface area contributed by atoms with Crippen LogP contribution < -0.4 is 5.32 Å². The second kappa shape index (κ2) is 5.31. The van der Waals surface area contributed by atoms with E-state index in [1.54, 1.807) is 19.1 Å². The standard InChI is InChI=1S/C15H12N4O4S/c1-15(10-3-2-5-22-10)13(20)19(14(21)17-15)7-11-16-12(18-23-11)9-4-6-24-8-9/h2-6,8H,7H2,1H3,(H,17,21)/t15-/m1/s1. The number of amides is 3. The van der Waals surface area contributed by atoms with Crippen LogP contribution in [0.1, 0.15) is 18.6 Å². The fourth-order valence-electron chi connectivity index (χ4n) is 2.53. The van der Waals surface area contributed by atoms with Crippen LogP contribution in [0.3, 0.4) is 0 Å².